The first kappa shape index (κ1) is 11.4. The Balaban J connectivity index is 2.00. The molecule has 1 aromatic carbocycles. The van der Waals surface area contributed by atoms with Crippen molar-refractivity contribution in [3.8, 4) is 5.75 Å². The SMILES string of the molecule is OB(O)Oc1ccc(C2CNCCO2)cc1. The smallest absolute Gasteiger partial charge is 0.512 e. The fourth-order valence-electron chi connectivity index (χ4n) is 1.66. The number of hydrogen-bond acceptors (Lipinski definition) is 5. The molecule has 1 aromatic rings. The van der Waals surface area contributed by atoms with Crippen molar-refractivity contribution in [1.29, 1.82) is 0 Å². The van der Waals surface area contributed by atoms with Gasteiger partial charge in [-0.2, -0.15) is 0 Å². The van der Waals surface area contributed by atoms with Gasteiger partial charge in [-0.25, -0.2) is 0 Å². The number of morpholine rings is 1. The van der Waals surface area contributed by atoms with Gasteiger partial charge in [-0.3, -0.25) is 0 Å². The maximum Gasteiger partial charge on any atom is 0.707 e. The van der Waals surface area contributed by atoms with Gasteiger partial charge in [0.15, 0.2) is 0 Å². The Morgan fingerprint density at radius 2 is 2.06 bits per heavy atom. The zero-order chi connectivity index (χ0) is 11.4. The molecule has 1 unspecified atom stereocenters. The van der Waals surface area contributed by atoms with E-state index in [1.165, 1.54) is 0 Å². The van der Waals surface area contributed by atoms with Gasteiger partial charge in [0.05, 0.1) is 12.7 Å². The second kappa shape index (κ2) is 5.31. The van der Waals surface area contributed by atoms with Gasteiger partial charge in [0.25, 0.3) is 0 Å². The lowest BCUT2D eigenvalue weighted by Crippen LogP contribution is -2.33. The van der Waals surface area contributed by atoms with E-state index in [0.29, 0.717) is 12.4 Å². The molecular weight excluding hydrogens is 209 g/mol. The Morgan fingerprint density at radius 3 is 2.62 bits per heavy atom. The van der Waals surface area contributed by atoms with Crippen LogP contribution in [0.25, 0.3) is 0 Å². The predicted octanol–water partition coefficient (Wildman–Crippen LogP) is -0.304. The van der Waals surface area contributed by atoms with Crippen LogP contribution in [0.1, 0.15) is 11.7 Å². The summed E-state index contributed by atoms with van der Waals surface area (Å²) in [6, 6.07) is 7.09. The molecule has 5 nitrogen and oxygen atoms in total. The third-order valence-electron chi connectivity index (χ3n) is 2.42. The van der Waals surface area contributed by atoms with Gasteiger partial charge < -0.3 is 24.8 Å². The number of nitrogens with one attached hydrogen (secondary N) is 1. The van der Waals surface area contributed by atoms with Crippen molar-refractivity contribution in [1.82, 2.24) is 5.32 Å². The third-order valence-corrected chi connectivity index (χ3v) is 2.42. The van der Waals surface area contributed by atoms with E-state index < -0.39 is 7.32 Å². The lowest BCUT2D eigenvalue weighted by molar-refractivity contribution is 0.0277. The van der Waals surface area contributed by atoms with E-state index in [2.05, 4.69) is 5.32 Å². The zero-order valence-electron chi connectivity index (χ0n) is 8.80. The average molecular weight is 223 g/mol. The van der Waals surface area contributed by atoms with Gasteiger partial charge in [0.2, 0.25) is 0 Å². The molecule has 1 saturated heterocycles. The van der Waals surface area contributed by atoms with Crippen LogP contribution in [0, 0.1) is 0 Å². The van der Waals surface area contributed by atoms with E-state index in [9.17, 15) is 0 Å². The van der Waals surface area contributed by atoms with Gasteiger partial charge in [0.1, 0.15) is 5.75 Å². The van der Waals surface area contributed by atoms with Crippen LogP contribution in [0.15, 0.2) is 24.3 Å². The van der Waals surface area contributed by atoms with Gasteiger partial charge in [-0.1, -0.05) is 12.1 Å². The molecule has 16 heavy (non-hydrogen) atoms. The minimum absolute atomic E-state index is 0.0573. The first-order chi connectivity index (χ1) is 7.75. The molecule has 0 aromatic heterocycles. The molecule has 0 amide bonds. The first-order valence-electron chi connectivity index (χ1n) is 5.21. The Kier molecular flexibility index (Phi) is 3.79. The van der Waals surface area contributed by atoms with Crippen molar-refractivity contribution in [2.75, 3.05) is 19.7 Å². The van der Waals surface area contributed by atoms with Crippen LogP contribution in [0.5, 0.6) is 5.75 Å². The second-order valence-electron chi connectivity index (χ2n) is 3.58. The highest BCUT2D eigenvalue weighted by Gasteiger charge is 2.16. The van der Waals surface area contributed by atoms with Gasteiger partial charge >= 0.3 is 7.32 Å². The molecule has 0 bridgehead atoms. The normalized spacial score (nSPS) is 20.5. The largest absolute Gasteiger partial charge is 0.707 e. The van der Waals surface area contributed by atoms with Crippen molar-refractivity contribution in [2.45, 2.75) is 6.10 Å². The molecule has 0 radical (unpaired) electrons. The highest BCUT2D eigenvalue weighted by Crippen LogP contribution is 2.21. The van der Waals surface area contributed by atoms with E-state index in [0.717, 1.165) is 18.7 Å². The molecule has 1 heterocycles. The maximum absolute atomic E-state index is 8.62. The fraction of sp³-hybridized carbons (Fsp3) is 0.400. The van der Waals surface area contributed by atoms with Crippen LogP contribution in [0.2, 0.25) is 0 Å². The summed E-state index contributed by atoms with van der Waals surface area (Å²) in [5, 5.41) is 20.5. The molecule has 1 aliphatic rings. The molecule has 1 fully saturated rings. The van der Waals surface area contributed by atoms with E-state index in [-0.39, 0.29) is 6.10 Å². The molecule has 1 atom stereocenters. The fourth-order valence-corrected chi connectivity index (χ4v) is 1.66. The zero-order valence-corrected chi connectivity index (χ0v) is 8.80. The summed E-state index contributed by atoms with van der Waals surface area (Å²) in [7, 11) is -1.78. The summed E-state index contributed by atoms with van der Waals surface area (Å²) in [4.78, 5) is 0. The van der Waals surface area contributed by atoms with Crippen molar-refractivity contribution >= 4 is 7.32 Å². The van der Waals surface area contributed by atoms with E-state index >= 15 is 0 Å². The Hall–Kier alpha value is -1.08. The van der Waals surface area contributed by atoms with E-state index in [1.807, 2.05) is 12.1 Å². The van der Waals surface area contributed by atoms with Crippen LogP contribution in [-0.2, 0) is 4.74 Å². The van der Waals surface area contributed by atoms with Crippen molar-refractivity contribution in [2.24, 2.45) is 0 Å². The molecule has 0 spiro atoms. The first-order valence-corrected chi connectivity index (χ1v) is 5.21. The molecule has 6 heteroatoms. The standard InChI is InChI=1S/C10H14BNO4/c13-11(14)16-9-3-1-8(2-4-9)10-7-12-5-6-15-10/h1-4,10,12-14H,5-7H2. The minimum atomic E-state index is -1.78. The van der Waals surface area contributed by atoms with Gasteiger partial charge in [0, 0.05) is 13.1 Å². The van der Waals surface area contributed by atoms with Crippen LogP contribution < -0.4 is 9.97 Å². The Morgan fingerprint density at radius 1 is 1.31 bits per heavy atom. The summed E-state index contributed by atoms with van der Waals surface area (Å²) in [5.41, 5.74) is 1.05. The molecule has 1 aliphatic heterocycles. The lowest BCUT2D eigenvalue weighted by atomic mass is 10.1. The Labute approximate surface area is 94.2 Å². The monoisotopic (exact) mass is 223 g/mol. The third kappa shape index (κ3) is 2.96. The number of rotatable bonds is 3. The van der Waals surface area contributed by atoms with Crippen molar-refractivity contribution < 1.29 is 19.4 Å². The molecule has 0 saturated carbocycles. The maximum atomic E-state index is 8.62. The number of benzene rings is 1. The lowest BCUT2D eigenvalue weighted by Gasteiger charge is -2.24. The average Bonchev–Trinajstić information content (AvgIpc) is 2.30. The van der Waals surface area contributed by atoms with E-state index in [1.54, 1.807) is 12.1 Å². The summed E-state index contributed by atoms with van der Waals surface area (Å²) < 4.78 is 10.3. The molecular formula is C10H14BNO4. The van der Waals surface area contributed by atoms with Gasteiger partial charge in [-0.15, -0.1) is 0 Å². The number of ether oxygens (including phenoxy) is 1. The molecule has 0 aliphatic carbocycles. The predicted molar refractivity (Wildman–Crippen MR) is 58.8 cm³/mol. The second-order valence-corrected chi connectivity index (χ2v) is 3.58. The highest BCUT2D eigenvalue weighted by molar-refractivity contribution is 6.33. The topological polar surface area (TPSA) is 71.0 Å². The summed E-state index contributed by atoms with van der Waals surface area (Å²) in [6.45, 7) is 2.38. The summed E-state index contributed by atoms with van der Waals surface area (Å²) in [6.07, 6.45) is 0.0573. The highest BCUT2D eigenvalue weighted by atomic mass is 16.6. The van der Waals surface area contributed by atoms with Crippen LogP contribution in [0.4, 0.5) is 0 Å². The van der Waals surface area contributed by atoms with Crippen LogP contribution in [-0.4, -0.2) is 37.1 Å². The summed E-state index contributed by atoms with van der Waals surface area (Å²) >= 11 is 0. The van der Waals surface area contributed by atoms with Crippen molar-refractivity contribution in [3.63, 3.8) is 0 Å². The van der Waals surface area contributed by atoms with Crippen LogP contribution >= 0.6 is 0 Å². The molecule has 2 rings (SSSR count). The minimum Gasteiger partial charge on any atom is -0.512 e. The molecule has 3 N–H and O–H groups in total. The van der Waals surface area contributed by atoms with E-state index in [4.69, 9.17) is 19.4 Å². The summed E-state index contributed by atoms with van der Waals surface area (Å²) in [5.74, 6) is 0.419. The van der Waals surface area contributed by atoms with Crippen molar-refractivity contribution in [3.05, 3.63) is 29.8 Å². The Bertz CT molecular complexity index is 324. The van der Waals surface area contributed by atoms with Crippen LogP contribution in [0.3, 0.4) is 0 Å². The molecule has 86 valence electrons. The van der Waals surface area contributed by atoms with Gasteiger partial charge in [-0.05, 0) is 17.7 Å². The quantitative estimate of drug-likeness (QED) is 0.613. The number of hydrogen-bond donors (Lipinski definition) is 3.